The Morgan fingerprint density at radius 2 is 1.92 bits per heavy atom. The highest BCUT2D eigenvalue weighted by Crippen LogP contribution is 2.48. The summed E-state index contributed by atoms with van der Waals surface area (Å²) >= 11 is 0. The molecule has 2 aliphatic carbocycles. The van der Waals surface area contributed by atoms with E-state index in [1.165, 1.54) is 24.8 Å². The first-order chi connectivity index (χ1) is 12.6. The van der Waals surface area contributed by atoms with Gasteiger partial charge in [0.15, 0.2) is 0 Å². The summed E-state index contributed by atoms with van der Waals surface area (Å²) in [6.45, 7) is 2.45. The molecule has 1 aromatic rings. The maximum Gasteiger partial charge on any atom is 0.306 e. The first kappa shape index (κ1) is 17.5. The van der Waals surface area contributed by atoms with Crippen molar-refractivity contribution >= 4 is 17.6 Å². The molecule has 0 aromatic heterocycles. The fraction of sp³-hybridized carbons (Fsp3) is 0.619. The molecular weight excluding hydrogens is 328 g/mol. The third-order valence-corrected chi connectivity index (χ3v) is 6.61. The van der Waals surface area contributed by atoms with E-state index in [9.17, 15) is 9.59 Å². The lowest BCUT2D eigenvalue weighted by atomic mass is 9.88. The molecule has 2 N–H and O–H groups in total. The zero-order valence-corrected chi connectivity index (χ0v) is 15.2. The Labute approximate surface area is 154 Å². The Kier molecular flexibility index (Phi) is 4.98. The van der Waals surface area contributed by atoms with Crippen molar-refractivity contribution in [3.63, 3.8) is 0 Å². The summed E-state index contributed by atoms with van der Waals surface area (Å²) in [4.78, 5) is 26.0. The van der Waals surface area contributed by atoms with Gasteiger partial charge in [-0.25, -0.2) is 0 Å². The van der Waals surface area contributed by atoms with Crippen molar-refractivity contribution in [2.75, 3.05) is 18.4 Å². The first-order valence-electron chi connectivity index (χ1n) is 9.93. The van der Waals surface area contributed by atoms with E-state index in [4.69, 9.17) is 5.11 Å². The minimum Gasteiger partial charge on any atom is -0.481 e. The second-order valence-electron chi connectivity index (χ2n) is 8.36. The highest BCUT2D eigenvalue weighted by Gasteiger charge is 2.43. The lowest BCUT2D eigenvalue weighted by molar-refractivity contribution is -0.143. The van der Waals surface area contributed by atoms with Crippen LogP contribution in [0.15, 0.2) is 24.3 Å². The standard InChI is InChI=1S/C21H28N2O3/c24-20(19-12-14-4-5-17(19)10-14)22-18-3-1-2-15(11-18)13-23-8-6-16(7-9-23)21(25)26/h1-3,11,14,16-17,19H,4-10,12-13H2,(H,22,24)(H,25,26)/t14-,17+,19-/m1/s1. The van der Waals surface area contributed by atoms with Gasteiger partial charge in [0, 0.05) is 18.2 Å². The topological polar surface area (TPSA) is 69.6 Å². The number of likely N-dealkylation sites (tertiary alicyclic amines) is 1. The fourth-order valence-electron chi connectivity index (χ4n) is 5.14. The van der Waals surface area contributed by atoms with E-state index in [0.717, 1.165) is 50.5 Å². The largest absolute Gasteiger partial charge is 0.481 e. The quantitative estimate of drug-likeness (QED) is 0.849. The third-order valence-electron chi connectivity index (χ3n) is 6.61. The number of rotatable bonds is 5. The number of piperidine rings is 1. The SMILES string of the molecule is O=C(O)C1CCN(Cc2cccc(NC(=O)[C@@H]3C[C@@H]4CC[C@H]3C4)c2)CC1. The molecule has 5 heteroatoms. The second kappa shape index (κ2) is 7.39. The van der Waals surface area contributed by atoms with Gasteiger partial charge in [-0.05, 0) is 74.7 Å². The molecule has 1 aliphatic heterocycles. The second-order valence-corrected chi connectivity index (χ2v) is 8.36. The molecule has 26 heavy (non-hydrogen) atoms. The summed E-state index contributed by atoms with van der Waals surface area (Å²) in [5.41, 5.74) is 2.06. The van der Waals surface area contributed by atoms with Crippen molar-refractivity contribution in [3.8, 4) is 0 Å². The number of aliphatic carboxylic acids is 1. The van der Waals surface area contributed by atoms with Crippen molar-refractivity contribution in [2.45, 2.75) is 45.1 Å². The Bertz CT molecular complexity index is 682. The van der Waals surface area contributed by atoms with Gasteiger partial charge in [-0.1, -0.05) is 18.6 Å². The van der Waals surface area contributed by atoms with Gasteiger partial charge in [0.2, 0.25) is 5.91 Å². The molecule has 0 unspecified atom stereocenters. The number of amides is 1. The molecule has 2 bridgehead atoms. The molecule has 1 aromatic carbocycles. The van der Waals surface area contributed by atoms with E-state index < -0.39 is 5.97 Å². The Morgan fingerprint density at radius 3 is 2.58 bits per heavy atom. The molecule has 0 radical (unpaired) electrons. The van der Waals surface area contributed by atoms with Gasteiger partial charge in [0.05, 0.1) is 5.92 Å². The van der Waals surface area contributed by atoms with Crippen molar-refractivity contribution in [2.24, 2.45) is 23.7 Å². The summed E-state index contributed by atoms with van der Waals surface area (Å²) in [6, 6.07) is 8.10. The van der Waals surface area contributed by atoms with Crippen LogP contribution >= 0.6 is 0 Å². The first-order valence-corrected chi connectivity index (χ1v) is 9.93. The van der Waals surface area contributed by atoms with Gasteiger partial charge >= 0.3 is 5.97 Å². The molecular formula is C21H28N2O3. The van der Waals surface area contributed by atoms with Crippen LogP contribution in [0, 0.1) is 23.7 Å². The molecule has 0 spiro atoms. The van der Waals surface area contributed by atoms with Crippen LogP contribution < -0.4 is 5.32 Å². The van der Waals surface area contributed by atoms with Crippen LogP contribution in [-0.2, 0) is 16.1 Å². The summed E-state index contributed by atoms with van der Waals surface area (Å²) in [6.07, 6.45) is 6.27. The van der Waals surface area contributed by atoms with E-state index >= 15 is 0 Å². The van der Waals surface area contributed by atoms with E-state index in [1.54, 1.807) is 0 Å². The highest BCUT2D eigenvalue weighted by atomic mass is 16.4. The molecule has 140 valence electrons. The summed E-state index contributed by atoms with van der Waals surface area (Å²) < 4.78 is 0. The molecule has 4 rings (SSSR count). The van der Waals surface area contributed by atoms with Crippen molar-refractivity contribution in [1.29, 1.82) is 0 Å². The molecule has 2 saturated carbocycles. The minimum atomic E-state index is -0.671. The Morgan fingerprint density at radius 1 is 1.12 bits per heavy atom. The molecule has 1 heterocycles. The minimum absolute atomic E-state index is 0.191. The zero-order chi connectivity index (χ0) is 18.1. The molecule has 1 amide bonds. The lowest BCUT2D eigenvalue weighted by Crippen LogP contribution is -2.35. The Balaban J connectivity index is 1.32. The number of nitrogens with zero attached hydrogens (tertiary/aromatic N) is 1. The average Bonchev–Trinajstić information content (AvgIpc) is 3.26. The van der Waals surface area contributed by atoms with Gasteiger partial charge in [0.25, 0.3) is 0 Å². The number of carboxylic acid groups (broad SMARTS) is 1. The maximum absolute atomic E-state index is 12.6. The average molecular weight is 356 g/mol. The predicted molar refractivity (Wildman–Crippen MR) is 99.6 cm³/mol. The van der Waals surface area contributed by atoms with Crippen LogP contribution in [0.25, 0.3) is 0 Å². The van der Waals surface area contributed by atoms with Gasteiger partial charge in [-0.15, -0.1) is 0 Å². The molecule has 3 atom stereocenters. The van der Waals surface area contributed by atoms with E-state index in [1.807, 2.05) is 12.1 Å². The number of fused-ring (bicyclic) bond motifs is 2. The summed E-state index contributed by atoms with van der Waals surface area (Å²) in [5, 5.41) is 12.2. The predicted octanol–water partition coefficient (Wildman–Crippen LogP) is 3.36. The van der Waals surface area contributed by atoms with Crippen LogP contribution in [0.2, 0.25) is 0 Å². The van der Waals surface area contributed by atoms with Crippen molar-refractivity contribution in [3.05, 3.63) is 29.8 Å². The number of carboxylic acids is 1. The van der Waals surface area contributed by atoms with Crippen LogP contribution in [-0.4, -0.2) is 35.0 Å². The lowest BCUT2D eigenvalue weighted by Gasteiger charge is -2.30. The van der Waals surface area contributed by atoms with Gasteiger partial charge in [0.1, 0.15) is 0 Å². The van der Waals surface area contributed by atoms with Crippen molar-refractivity contribution < 1.29 is 14.7 Å². The zero-order valence-electron chi connectivity index (χ0n) is 15.2. The smallest absolute Gasteiger partial charge is 0.306 e. The third kappa shape index (κ3) is 3.78. The number of hydrogen-bond donors (Lipinski definition) is 2. The van der Waals surface area contributed by atoms with E-state index in [0.29, 0.717) is 5.92 Å². The molecule has 1 saturated heterocycles. The van der Waals surface area contributed by atoms with Crippen LogP contribution in [0.4, 0.5) is 5.69 Å². The van der Waals surface area contributed by atoms with E-state index in [-0.39, 0.29) is 17.7 Å². The number of benzene rings is 1. The summed E-state index contributed by atoms with van der Waals surface area (Å²) in [5.74, 6) is 0.896. The summed E-state index contributed by atoms with van der Waals surface area (Å²) in [7, 11) is 0. The number of carbonyl (C=O) groups is 2. The van der Waals surface area contributed by atoms with E-state index in [2.05, 4.69) is 22.3 Å². The fourth-order valence-corrected chi connectivity index (χ4v) is 5.14. The normalized spacial score (nSPS) is 29.0. The number of nitrogens with one attached hydrogen (secondary N) is 1. The van der Waals surface area contributed by atoms with Gasteiger partial charge in [-0.2, -0.15) is 0 Å². The Hall–Kier alpha value is -1.88. The maximum atomic E-state index is 12.6. The van der Waals surface area contributed by atoms with Crippen molar-refractivity contribution in [1.82, 2.24) is 4.90 Å². The van der Waals surface area contributed by atoms with Crippen LogP contribution in [0.5, 0.6) is 0 Å². The number of anilines is 1. The van der Waals surface area contributed by atoms with Crippen LogP contribution in [0.3, 0.4) is 0 Å². The number of hydrogen-bond acceptors (Lipinski definition) is 3. The molecule has 5 nitrogen and oxygen atoms in total. The molecule has 3 aliphatic rings. The number of carbonyl (C=O) groups excluding carboxylic acids is 1. The molecule has 3 fully saturated rings. The van der Waals surface area contributed by atoms with Crippen LogP contribution in [0.1, 0.15) is 44.1 Å². The monoisotopic (exact) mass is 356 g/mol. The highest BCUT2D eigenvalue weighted by molar-refractivity contribution is 5.93. The van der Waals surface area contributed by atoms with Gasteiger partial charge < -0.3 is 10.4 Å². The van der Waals surface area contributed by atoms with Gasteiger partial charge in [-0.3, -0.25) is 14.5 Å².